The van der Waals surface area contributed by atoms with E-state index in [9.17, 15) is 0 Å². The molecule has 0 fully saturated rings. The van der Waals surface area contributed by atoms with Crippen LogP contribution in [-0.2, 0) is 6.54 Å². The van der Waals surface area contributed by atoms with Crippen molar-refractivity contribution in [2.75, 3.05) is 13.2 Å². The molecule has 1 aliphatic rings. The number of hydrogen-bond donors (Lipinski definition) is 1. The van der Waals surface area contributed by atoms with E-state index in [1.807, 2.05) is 16.9 Å². The van der Waals surface area contributed by atoms with E-state index in [0.29, 0.717) is 5.92 Å². The van der Waals surface area contributed by atoms with E-state index in [2.05, 4.69) is 48.7 Å². The molecular formula is C17H23N3O. The smallest absolute Gasteiger partial charge is 0.122 e. The SMILES string of the molecule is CCCn1cc(C(NCC)C2COc3ccccc32)cn1. The maximum absolute atomic E-state index is 5.85. The van der Waals surface area contributed by atoms with E-state index in [0.717, 1.165) is 31.9 Å². The minimum absolute atomic E-state index is 0.254. The van der Waals surface area contributed by atoms with Gasteiger partial charge in [-0.3, -0.25) is 4.68 Å². The maximum Gasteiger partial charge on any atom is 0.122 e. The van der Waals surface area contributed by atoms with Crippen LogP contribution in [0.2, 0.25) is 0 Å². The predicted molar refractivity (Wildman–Crippen MR) is 83.6 cm³/mol. The van der Waals surface area contributed by atoms with Crippen LogP contribution in [0.15, 0.2) is 36.7 Å². The van der Waals surface area contributed by atoms with Gasteiger partial charge in [-0.15, -0.1) is 0 Å². The summed E-state index contributed by atoms with van der Waals surface area (Å²) in [5.74, 6) is 1.37. The van der Waals surface area contributed by atoms with Crippen molar-refractivity contribution in [2.45, 2.75) is 38.8 Å². The molecule has 0 spiro atoms. The molecule has 1 aliphatic heterocycles. The zero-order valence-electron chi connectivity index (χ0n) is 12.7. The number of nitrogens with one attached hydrogen (secondary N) is 1. The summed E-state index contributed by atoms with van der Waals surface area (Å²) in [5.41, 5.74) is 2.54. The lowest BCUT2D eigenvalue weighted by molar-refractivity contribution is 0.301. The Labute approximate surface area is 126 Å². The van der Waals surface area contributed by atoms with Gasteiger partial charge in [0, 0.05) is 35.8 Å². The molecule has 2 heterocycles. The zero-order valence-corrected chi connectivity index (χ0v) is 12.7. The summed E-state index contributed by atoms with van der Waals surface area (Å²) >= 11 is 0. The molecule has 0 saturated heterocycles. The van der Waals surface area contributed by atoms with Crippen LogP contribution in [0.3, 0.4) is 0 Å². The maximum atomic E-state index is 5.85. The van der Waals surface area contributed by atoms with Gasteiger partial charge in [0.05, 0.1) is 12.8 Å². The van der Waals surface area contributed by atoms with Crippen LogP contribution in [0, 0.1) is 0 Å². The highest BCUT2D eigenvalue weighted by molar-refractivity contribution is 5.41. The lowest BCUT2D eigenvalue weighted by Crippen LogP contribution is -2.27. The number of para-hydroxylation sites is 1. The van der Waals surface area contributed by atoms with Crippen molar-refractivity contribution >= 4 is 0 Å². The van der Waals surface area contributed by atoms with E-state index in [4.69, 9.17) is 4.74 Å². The highest BCUT2D eigenvalue weighted by Crippen LogP contribution is 2.40. The van der Waals surface area contributed by atoms with Crippen LogP contribution in [-0.4, -0.2) is 22.9 Å². The monoisotopic (exact) mass is 285 g/mol. The first-order valence-corrected chi connectivity index (χ1v) is 7.81. The van der Waals surface area contributed by atoms with Crippen molar-refractivity contribution in [2.24, 2.45) is 0 Å². The Hall–Kier alpha value is -1.81. The van der Waals surface area contributed by atoms with E-state index in [-0.39, 0.29) is 6.04 Å². The highest BCUT2D eigenvalue weighted by Gasteiger charge is 2.32. The second kappa shape index (κ2) is 6.31. The molecule has 2 atom stereocenters. The molecule has 2 aromatic rings. The number of ether oxygens (including phenoxy) is 1. The predicted octanol–water partition coefficient (Wildman–Crippen LogP) is 3.12. The zero-order chi connectivity index (χ0) is 14.7. The second-order valence-corrected chi connectivity index (χ2v) is 5.53. The van der Waals surface area contributed by atoms with Gasteiger partial charge in [-0.1, -0.05) is 32.0 Å². The van der Waals surface area contributed by atoms with Crippen molar-refractivity contribution in [3.63, 3.8) is 0 Å². The first-order valence-electron chi connectivity index (χ1n) is 7.81. The molecule has 1 N–H and O–H groups in total. The van der Waals surface area contributed by atoms with Gasteiger partial charge in [0.1, 0.15) is 5.75 Å². The molecule has 3 rings (SSSR count). The fourth-order valence-corrected chi connectivity index (χ4v) is 3.07. The van der Waals surface area contributed by atoms with Gasteiger partial charge in [0.15, 0.2) is 0 Å². The van der Waals surface area contributed by atoms with Crippen molar-refractivity contribution in [1.82, 2.24) is 15.1 Å². The van der Waals surface area contributed by atoms with Crippen molar-refractivity contribution in [3.05, 3.63) is 47.8 Å². The summed E-state index contributed by atoms with van der Waals surface area (Å²) in [7, 11) is 0. The topological polar surface area (TPSA) is 39.1 Å². The van der Waals surface area contributed by atoms with Gasteiger partial charge in [0.2, 0.25) is 0 Å². The Bertz CT molecular complexity index is 593. The Morgan fingerprint density at radius 1 is 1.38 bits per heavy atom. The van der Waals surface area contributed by atoms with E-state index in [1.54, 1.807) is 0 Å². The number of aromatic nitrogens is 2. The largest absolute Gasteiger partial charge is 0.493 e. The van der Waals surface area contributed by atoms with Gasteiger partial charge < -0.3 is 10.1 Å². The van der Waals surface area contributed by atoms with E-state index >= 15 is 0 Å². The van der Waals surface area contributed by atoms with Gasteiger partial charge in [0.25, 0.3) is 0 Å². The van der Waals surface area contributed by atoms with Gasteiger partial charge in [-0.25, -0.2) is 0 Å². The Morgan fingerprint density at radius 2 is 2.24 bits per heavy atom. The quantitative estimate of drug-likeness (QED) is 0.886. The fourth-order valence-electron chi connectivity index (χ4n) is 3.07. The molecular weight excluding hydrogens is 262 g/mol. The van der Waals surface area contributed by atoms with Gasteiger partial charge in [-0.2, -0.15) is 5.10 Å². The van der Waals surface area contributed by atoms with Crippen LogP contribution in [0.4, 0.5) is 0 Å². The molecule has 1 aromatic carbocycles. The van der Waals surface area contributed by atoms with Crippen LogP contribution >= 0.6 is 0 Å². The number of nitrogens with zero attached hydrogens (tertiary/aromatic N) is 2. The number of rotatable bonds is 6. The first kappa shape index (κ1) is 14.1. The number of likely N-dealkylation sites (N-methyl/N-ethyl adjacent to an activating group) is 1. The normalized spacial score (nSPS) is 18.3. The second-order valence-electron chi connectivity index (χ2n) is 5.53. The molecule has 1 aromatic heterocycles. The van der Waals surface area contributed by atoms with Gasteiger partial charge >= 0.3 is 0 Å². The number of benzene rings is 1. The standard InChI is InChI=1S/C17H23N3O/c1-3-9-20-11-13(10-19-20)17(18-4-2)15-12-21-16-8-6-5-7-14(15)16/h5-8,10-11,15,17-18H,3-4,9,12H2,1-2H3. The van der Waals surface area contributed by atoms with Crippen LogP contribution < -0.4 is 10.1 Å². The number of hydrogen-bond acceptors (Lipinski definition) is 3. The van der Waals surface area contributed by atoms with Gasteiger partial charge in [-0.05, 0) is 19.0 Å². The summed E-state index contributed by atoms with van der Waals surface area (Å²) < 4.78 is 7.88. The van der Waals surface area contributed by atoms with Crippen molar-refractivity contribution in [1.29, 1.82) is 0 Å². The average molecular weight is 285 g/mol. The number of aryl methyl sites for hydroxylation is 1. The molecule has 2 unspecified atom stereocenters. The summed E-state index contributed by atoms with van der Waals surface area (Å²) in [6, 6.07) is 8.60. The molecule has 21 heavy (non-hydrogen) atoms. The Kier molecular flexibility index (Phi) is 4.25. The van der Waals surface area contributed by atoms with Crippen LogP contribution in [0.25, 0.3) is 0 Å². The van der Waals surface area contributed by atoms with Crippen molar-refractivity contribution < 1.29 is 4.74 Å². The first-order chi connectivity index (χ1) is 10.3. The molecule has 0 saturated carbocycles. The third kappa shape index (κ3) is 2.81. The minimum atomic E-state index is 0.254. The summed E-state index contributed by atoms with van der Waals surface area (Å²) in [6.07, 6.45) is 5.25. The summed E-state index contributed by atoms with van der Waals surface area (Å²) in [5, 5.41) is 8.08. The Balaban J connectivity index is 1.88. The molecule has 0 amide bonds. The third-order valence-corrected chi connectivity index (χ3v) is 4.03. The molecule has 112 valence electrons. The summed E-state index contributed by atoms with van der Waals surface area (Å²) in [6.45, 7) is 6.95. The Morgan fingerprint density at radius 3 is 3.05 bits per heavy atom. The summed E-state index contributed by atoms with van der Waals surface area (Å²) in [4.78, 5) is 0. The molecule has 4 nitrogen and oxygen atoms in total. The molecule has 4 heteroatoms. The molecule has 0 radical (unpaired) electrons. The average Bonchev–Trinajstić information content (AvgIpc) is 3.12. The number of fused-ring (bicyclic) bond motifs is 1. The minimum Gasteiger partial charge on any atom is -0.493 e. The van der Waals surface area contributed by atoms with E-state index < -0.39 is 0 Å². The van der Waals surface area contributed by atoms with Crippen LogP contribution in [0.1, 0.15) is 43.4 Å². The lowest BCUT2D eigenvalue weighted by atomic mass is 9.90. The van der Waals surface area contributed by atoms with E-state index in [1.165, 1.54) is 11.1 Å². The van der Waals surface area contributed by atoms with Crippen LogP contribution in [0.5, 0.6) is 5.75 Å². The third-order valence-electron chi connectivity index (χ3n) is 4.03. The molecule has 0 bridgehead atoms. The highest BCUT2D eigenvalue weighted by atomic mass is 16.5. The van der Waals surface area contributed by atoms with Crippen molar-refractivity contribution in [3.8, 4) is 5.75 Å². The lowest BCUT2D eigenvalue weighted by Gasteiger charge is -2.22. The fraction of sp³-hybridized carbons (Fsp3) is 0.471. The molecule has 0 aliphatic carbocycles.